The van der Waals surface area contributed by atoms with E-state index >= 15 is 0 Å². The van der Waals surface area contributed by atoms with Gasteiger partial charge in [0.2, 0.25) is 5.91 Å². The second-order valence-corrected chi connectivity index (χ2v) is 10.5. The lowest BCUT2D eigenvalue weighted by Crippen LogP contribution is -2.39. The minimum Gasteiger partial charge on any atom is -0.369 e. The number of piperidine rings is 1. The normalized spacial score (nSPS) is 19.7. The van der Waals surface area contributed by atoms with Crippen LogP contribution in [0.3, 0.4) is 0 Å². The Morgan fingerprint density at radius 2 is 2.09 bits per heavy atom. The largest absolute Gasteiger partial charge is 0.369 e. The summed E-state index contributed by atoms with van der Waals surface area (Å²) in [5.74, 6) is 0.692. The van der Waals surface area contributed by atoms with Gasteiger partial charge in [0.1, 0.15) is 4.83 Å². The van der Waals surface area contributed by atoms with E-state index in [0.29, 0.717) is 18.4 Å². The Labute approximate surface area is 192 Å². The van der Waals surface area contributed by atoms with E-state index in [4.69, 9.17) is 10.7 Å². The van der Waals surface area contributed by atoms with Gasteiger partial charge in [0, 0.05) is 22.0 Å². The molecule has 0 radical (unpaired) electrons. The van der Waals surface area contributed by atoms with Crippen LogP contribution in [0.1, 0.15) is 84.4 Å². The fraction of sp³-hybridized carbons (Fsp3) is 0.480. The maximum absolute atomic E-state index is 11.3. The highest BCUT2D eigenvalue weighted by atomic mass is 32.1. The molecule has 32 heavy (non-hydrogen) atoms. The molecule has 6 nitrogen and oxygen atoms in total. The second kappa shape index (κ2) is 8.12. The van der Waals surface area contributed by atoms with Gasteiger partial charge in [-0.25, -0.2) is 0 Å². The van der Waals surface area contributed by atoms with Crippen molar-refractivity contribution in [1.29, 1.82) is 0 Å². The topological polar surface area (TPSA) is 87.4 Å². The van der Waals surface area contributed by atoms with E-state index in [-0.39, 0.29) is 11.9 Å². The van der Waals surface area contributed by atoms with Crippen molar-refractivity contribution in [2.45, 2.75) is 58.4 Å². The number of hydrogen-bond acceptors (Lipinski definition) is 5. The molecular weight excluding hydrogens is 418 g/mol. The van der Waals surface area contributed by atoms with Gasteiger partial charge in [0.25, 0.3) is 0 Å². The zero-order valence-corrected chi connectivity index (χ0v) is 20.1. The number of pyridine rings is 1. The molecule has 2 aliphatic heterocycles. The monoisotopic (exact) mass is 449 g/mol. The number of nitrogens with zero attached hydrogens (tertiary/aromatic N) is 3. The molecule has 1 amide bonds. The van der Waals surface area contributed by atoms with Crippen molar-refractivity contribution < 1.29 is 4.79 Å². The van der Waals surface area contributed by atoms with Gasteiger partial charge in [-0.3, -0.25) is 19.7 Å². The van der Waals surface area contributed by atoms with Crippen molar-refractivity contribution in [3.05, 3.63) is 51.3 Å². The third-order valence-electron chi connectivity index (χ3n) is 6.92. The number of primary amides is 1. The molecule has 7 heteroatoms. The number of thiophene rings is 1. The van der Waals surface area contributed by atoms with E-state index in [9.17, 15) is 4.79 Å². The maximum atomic E-state index is 11.3. The van der Waals surface area contributed by atoms with Crippen LogP contribution < -0.4 is 5.73 Å². The number of aromatic amines is 1. The SMILES string of the molecule is Cc1c(C2CCN(CC(N)=O)CC2)sc2[nH]c(C3=NC(C)c4ncccc43)c(C(C)C)c12. The zero-order chi connectivity index (χ0) is 22.6. The van der Waals surface area contributed by atoms with Crippen LogP contribution in [0.2, 0.25) is 0 Å². The number of aryl methyl sites for hydroxylation is 1. The molecule has 3 aromatic rings. The predicted octanol–water partition coefficient (Wildman–Crippen LogP) is 4.63. The van der Waals surface area contributed by atoms with E-state index in [0.717, 1.165) is 48.6 Å². The molecule has 0 aromatic carbocycles. The number of fused-ring (bicyclic) bond motifs is 2. The predicted molar refractivity (Wildman–Crippen MR) is 131 cm³/mol. The van der Waals surface area contributed by atoms with Gasteiger partial charge in [-0.05, 0) is 74.9 Å². The number of aliphatic imine (C=N–C) groups is 1. The summed E-state index contributed by atoms with van der Waals surface area (Å²) in [5, 5.41) is 1.38. The standard InChI is InChI=1S/C25H31N5OS/c1-13(2)19-20-14(3)24(16-7-10-30(11-8-16)12-18(26)31)32-25(20)29-23(19)22-17-6-5-9-27-21(17)15(4)28-22/h5-6,9,13,15-16,29H,7-8,10-12H2,1-4H3,(H2,26,31). The van der Waals surface area contributed by atoms with Crippen molar-refractivity contribution in [2.75, 3.05) is 19.6 Å². The van der Waals surface area contributed by atoms with E-state index in [2.05, 4.69) is 48.6 Å². The number of carbonyl (C=O) groups is 1. The van der Waals surface area contributed by atoms with E-state index < -0.39 is 0 Å². The highest BCUT2D eigenvalue weighted by Gasteiger charge is 2.31. The Bertz CT molecular complexity index is 1210. The Morgan fingerprint density at radius 1 is 1.34 bits per heavy atom. The molecule has 1 fully saturated rings. The first-order valence-electron chi connectivity index (χ1n) is 11.5. The Kier molecular flexibility index (Phi) is 5.42. The summed E-state index contributed by atoms with van der Waals surface area (Å²) in [4.78, 5) is 29.5. The van der Waals surface area contributed by atoms with Crippen LogP contribution >= 0.6 is 11.3 Å². The number of rotatable bonds is 5. The van der Waals surface area contributed by atoms with Crippen LogP contribution in [0, 0.1) is 6.92 Å². The molecule has 168 valence electrons. The summed E-state index contributed by atoms with van der Waals surface area (Å²) in [6.07, 6.45) is 4.00. The Balaban J connectivity index is 1.52. The number of H-pyrrole nitrogens is 1. The molecule has 1 saturated heterocycles. The molecule has 0 spiro atoms. The Morgan fingerprint density at radius 3 is 2.78 bits per heavy atom. The third kappa shape index (κ3) is 3.48. The summed E-state index contributed by atoms with van der Waals surface area (Å²) in [5.41, 5.74) is 12.6. The minimum atomic E-state index is -0.237. The van der Waals surface area contributed by atoms with Crippen molar-refractivity contribution >= 4 is 33.2 Å². The molecular formula is C25H31N5OS. The average molecular weight is 450 g/mol. The number of carbonyl (C=O) groups excluding carboxylic acids is 1. The van der Waals surface area contributed by atoms with Crippen LogP contribution in [-0.4, -0.2) is 46.1 Å². The molecule has 0 bridgehead atoms. The molecule has 3 N–H and O–H groups in total. The Hall–Kier alpha value is -2.51. The van der Waals surface area contributed by atoms with E-state index in [1.54, 1.807) is 0 Å². The van der Waals surface area contributed by atoms with Crippen molar-refractivity contribution in [3.63, 3.8) is 0 Å². The lowest BCUT2D eigenvalue weighted by atomic mass is 9.90. The first kappa shape index (κ1) is 21.3. The van der Waals surface area contributed by atoms with Crippen molar-refractivity contribution in [2.24, 2.45) is 10.7 Å². The van der Waals surface area contributed by atoms with Crippen LogP contribution in [0.5, 0.6) is 0 Å². The average Bonchev–Trinajstić information content (AvgIpc) is 3.39. The van der Waals surface area contributed by atoms with Crippen LogP contribution in [0.4, 0.5) is 0 Å². The fourth-order valence-corrected chi connectivity index (χ4v) is 6.85. The fourth-order valence-electron chi connectivity index (χ4n) is 5.45. The number of nitrogens with two attached hydrogens (primary N) is 1. The highest BCUT2D eigenvalue weighted by molar-refractivity contribution is 7.19. The summed E-state index contributed by atoms with van der Waals surface area (Å²) < 4.78 is 0. The third-order valence-corrected chi connectivity index (χ3v) is 8.29. The smallest absolute Gasteiger partial charge is 0.231 e. The number of aromatic nitrogens is 2. The van der Waals surface area contributed by atoms with Crippen LogP contribution in [0.15, 0.2) is 23.3 Å². The number of nitrogens with one attached hydrogen (secondary N) is 1. The summed E-state index contributed by atoms with van der Waals surface area (Å²) in [6.45, 7) is 11.2. The summed E-state index contributed by atoms with van der Waals surface area (Å²) >= 11 is 1.90. The first-order chi connectivity index (χ1) is 15.3. The van der Waals surface area contributed by atoms with E-state index in [1.165, 1.54) is 26.2 Å². The van der Waals surface area contributed by atoms with Crippen molar-refractivity contribution in [1.82, 2.24) is 14.9 Å². The van der Waals surface area contributed by atoms with Gasteiger partial charge in [-0.1, -0.05) is 13.8 Å². The highest BCUT2D eigenvalue weighted by Crippen LogP contribution is 2.45. The van der Waals surface area contributed by atoms with Gasteiger partial charge in [-0.2, -0.15) is 0 Å². The molecule has 1 atom stereocenters. The maximum Gasteiger partial charge on any atom is 0.231 e. The van der Waals surface area contributed by atoms with Gasteiger partial charge in [-0.15, -0.1) is 11.3 Å². The quantitative estimate of drug-likeness (QED) is 0.595. The molecule has 5 rings (SSSR count). The second-order valence-electron chi connectivity index (χ2n) is 9.47. The summed E-state index contributed by atoms with van der Waals surface area (Å²) in [6, 6.07) is 4.23. The zero-order valence-electron chi connectivity index (χ0n) is 19.2. The van der Waals surface area contributed by atoms with Crippen LogP contribution in [-0.2, 0) is 4.79 Å². The van der Waals surface area contributed by atoms with Gasteiger partial charge in [0.15, 0.2) is 0 Å². The lowest BCUT2D eigenvalue weighted by molar-refractivity contribution is -0.119. The molecule has 0 saturated carbocycles. The van der Waals surface area contributed by atoms with Crippen molar-refractivity contribution in [3.8, 4) is 0 Å². The first-order valence-corrected chi connectivity index (χ1v) is 12.4. The molecule has 0 aliphatic carbocycles. The van der Waals surface area contributed by atoms with E-state index in [1.807, 2.05) is 23.6 Å². The lowest BCUT2D eigenvalue weighted by Gasteiger charge is -2.31. The molecule has 3 aromatic heterocycles. The van der Waals surface area contributed by atoms with Gasteiger partial charge >= 0.3 is 0 Å². The number of hydrogen-bond donors (Lipinski definition) is 2. The minimum absolute atomic E-state index is 0.0878. The molecule has 1 unspecified atom stereocenters. The molecule has 2 aliphatic rings. The molecule has 5 heterocycles. The van der Waals surface area contributed by atoms with Crippen LogP contribution in [0.25, 0.3) is 10.2 Å². The van der Waals surface area contributed by atoms with Gasteiger partial charge < -0.3 is 10.7 Å². The number of amides is 1. The van der Waals surface area contributed by atoms with Gasteiger partial charge in [0.05, 0.1) is 29.7 Å². The summed E-state index contributed by atoms with van der Waals surface area (Å²) in [7, 11) is 0. The number of likely N-dealkylation sites (tertiary alicyclic amines) is 1.